The van der Waals surface area contributed by atoms with E-state index in [0.29, 0.717) is 23.8 Å². The average molecular weight is 348 g/mol. The van der Waals surface area contributed by atoms with Crippen LogP contribution in [0.3, 0.4) is 0 Å². The van der Waals surface area contributed by atoms with Crippen molar-refractivity contribution in [2.45, 2.75) is 32.3 Å². The monoisotopic (exact) mass is 346 g/mol. The minimum absolute atomic E-state index is 0.206. The topological polar surface area (TPSA) is 35.5 Å². The number of rotatable bonds is 2. The SMILES string of the molecule is CCOC(=O)C1OCC(C)(C)c2c(Br)ccc(Cl)c21. The van der Waals surface area contributed by atoms with E-state index in [-0.39, 0.29) is 11.4 Å². The lowest BCUT2D eigenvalue weighted by molar-refractivity contribution is -0.159. The maximum atomic E-state index is 12.0. The predicted molar refractivity (Wildman–Crippen MR) is 77.5 cm³/mol. The molecule has 0 aromatic heterocycles. The van der Waals surface area contributed by atoms with E-state index < -0.39 is 6.10 Å². The smallest absolute Gasteiger partial charge is 0.339 e. The van der Waals surface area contributed by atoms with Crippen LogP contribution < -0.4 is 0 Å². The van der Waals surface area contributed by atoms with E-state index in [0.717, 1.165) is 10.0 Å². The molecule has 19 heavy (non-hydrogen) atoms. The molecule has 0 N–H and O–H groups in total. The van der Waals surface area contributed by atoms with Crippen molar-refractivity contribution >= 4 is 33.5 Å². The zero-order chi connectivity index (χ0) is 14.2. The fourth-order valence-electron chi connectivity index (χ4n) is 2.36. The lowest BCUT2D eigenvalue weighted by Gasteiger charge is -2.37. The third-order valence-electron chi connectivity index (χ3n) is 3.19. The molecule has 0 saturated carbocycles. The van der Waals surface area contributed by atoms with Crippen molar-refractivity contribution in [1.29, 1.82) is 0 Å². The summed E-state index contributed by atoms with van der Waals surface area (Å²) in [5.74, 6) is -0.390. The fourth-order valence-corrected chi connectivity index (χ4v) is 3.50. The molecule has 1 aliphatic rings. The molecule has 0 spiro atoms. The first-order valence-corrected chi connectivity index (χ1v) is 7.32. The molecule has 5 heteroatoms. The minimum Gasteiger partial charge on any atom is -0.464 e. The van der Waals surface area contributed by atoms with Crippen LogP contribution in [0.5, 0.6) is 0 Å². The third kappa shape index (κ3) is 2.67. The summed E-state index contributed by atoms with van der Waals surface area (Å²) in [6.45, 7) is 6.67. The molecule has 104 valence electrons. The average Bonchev–Trinajstić information content (AvgIpc) is 2.33. The Hall–Kier alpha value is -0.580. The van der Waals surface area contributed by atoms with Gasteiger partial charge in [0.05, 0.1) is 13.2 Å². The second-order valence-electron chi connectivity index (χ2n) is 5.14. The van der Waals surface area contributed by atoms with Crippen LogP contribution in [-0.2, 0) is 19.7 Å². The molecule has 0 amide bonds. The number of benzene rings is 1. The molecular formula is C14H16BrClO3. The molecule has 0 bridgehead atoms. The number of ether oxygens (including phenoxy) is 2. The molecule has 0 saturated heterocycles. The largest absolute Gasteiger partial charge is 0.464 e. The predicted octanol–water partition coefficient (Wildman–Crippen LogP) is 4.01. The Morgan fingerprint density at radius 1 is 1.58 bits per heavy atom. The summed E-state index contributed by atoms with van der Waals surface area (Å²) in [5.41, 5.74) is 1.53. The second kappa shape index (κ2) is 5.43. The van der Waals surface area contributed by atoms with Gasteiger partial charge in [-0.25, -0.2) is 4.79 Å². The first-order valence-electron chi connectivity index (χ1n) is 6.15. The Balaban J connectivity index is 2.57. The Kier molecular flexibility index (Phi) is 4.23. The number of hydrogen-bond donors (Lipinski definition) is 0. The summed E-state index contributed by atoms with van der Waals surface area (Å²) in [6.07, 6.45) is -0.743. The molecule has 1 aromatic carbocycles. The van der Waals surface area contributed by atoms with Gasteiger partial charge in [0.1, 0.15) is 0 Å². The van der Waals surface area contributed by atoms with Crippen LogP contribution in [0.1, 0.15) is 38.0 Å². The van der Waals surface area contributed by atoms with Gasteiger partial charge in [-0.15, -0.1) is 0 Å². The summed E-state index contributed by atoms with van der Waals surface area (Å²) < 4.78 is 11.7. The Labute approximate surface area is 126 Å². The van der Waals surface area contributed by atoms with Crippen molar-refractivity contribution in [3.05, 3.63) is 32.8 Å². The van der Waals surface area contributed by atoms with E-state index in [1.54, 1.807) is 13.0 Å². The highest BCUT2D eigenvalue weighted by atomic mass is 79.9. The fraction of sp³-hybridized carbons (Fsp3) is 0.500. The molecule has 1 unspecified atom stereocenters. The molecule has 0 radical (unpaired) electrons. The lowest BCUT2D eigenvalue weighted by atomic mass is 9.79. The van der Waals surface area contributed by atoms with Crippen LogP contribution in [0, 0.1) is 0 Å². The van der Waals surface area contributed by atoms with Crippen LogP contribution in [0.15, 0.2) is 16.6 Å². The highest BCUT2D eigenvalue weighted by Crippen LogP contribution is 2.45. The number of carbonyl (C=O) groups excluding carboxylic acids is 1. The number of fused-ring (bicyclic) bond motifs is 1. The quantitative estimate of drug-likeness (QED) is 0.758. The molecular weight excluding hydrogens is 332 g/mol. The summed E-state index contributed by atoms with van der Waals surface area (Å²) in [5, 5.41) is 0.532. The van der Waals surface area contributed by atoms with Gasteiger partial charge in [-0.3, -0.25) is 0 Å². The first kappa shape index (κ1) is 14.8. The van der Waals surface area contributed by atoms with Crippen molar-refractivity contribution in [2.24, 2.45) is 0 Å². The maximum Gasteiger partial charge on any atom is 0.339 e. The van der Waals surface area contributed by atoms with Crippen molar-refractivity contribution in [3.63, 3.8) is 0 Å². The van der Waals surface area contributed by atoms with E-state index in [1.807, 2.05) is 6.07 Å². The van der Waals surface area contributed by atoms with Gasteiger partial charge >= 0.3 is 5.97 Å². The van der Waals surface area contributed by atoms with E-state index >= 15 is 0 Å². The van der Waals surface area contributed by atoms with Crippen LogP contribution in [-0.4, -0.2) is 19.2 Å². The number of carbonyl (C=O) groups is 1. The third-order valence-corrected chi connectivity index (χ3v) is 4.18. The van der Waals surface area contributed by atoms with Gasteiger partial charge in [-0.1, -0.05) is 41.4 Å². The molecule has 1 heterocycles. The van der Waals surface area contributed by atoms with Crippen molar-refractivity contribution in [1.82, 2.24) is 0 Å². The normalized spacial score (nSPS) is 20.8. The molecule has 0 fully saturated rings. The Morgan fingerprint density at radius 2 is 2.26 bits per heavy atom. The van der Waals surface area contributed by atoms with Crippen LogP contribution in [0.2, 0.25) is 5.02 Å². The first-order chi connectivity index (χ1) is 8.88. The zero-order valence-electron chi connectivity index (χ0n) is 11.1. The van der Waals surface area contributed by atoms with Crippen molar-refractivity contribution < 1.29 is 14.3 Å². The Bertz CT molecular complexity index is 514. The number of esters is 1. The molecule has 1 aliphatic heterocycles. The minimum atomic E-state index is -0.743. The van der Waals surface area contributed by atoms with Gasteiger partial charge in [0, 0.05) is 20.5 Å². The van der Waals surface area contributed by atoms with Gasteiger partial charge in [0.15, 0.2) is 6.10 Å². The highest BCUT2D eigenvalue weighted by molar-refractivity contribution is 9.10. The molecule has 1 aromatic rings. The van der Waals surface area contributed by atoms with Gasteiger partial charge in [-0.05, 0) is 24.6 Å². The van der Waals surface area contributed by atoms with Crippen molar-refractivity contribution in [3.8, 4) is 0 Å². The van der Waals surface area contributed by atoms with Crippen LogP contribution in [0.4, 0.5) is 0 Å². The molecule has 3 nitrogen and oxygen atoms in total. The summed E-state index contributed by atoms with van der Waals surface area (Å²) in [4.78, 5) is 12.0. The summed E-state index contributed by atoms with van der Waals surface area (Å²) in [6, 6.07) is 3.66. The van der Waals surface area contributed by atoms with E-state index in [2.05, 4.69) is 29.8 Å². The highest BCUT2D eigenvalue weighted by Gasteiger charge is 2.40. The molecule has 2 rings (SSSR count). The Morgan fingerprint density at radius 3 is 2.89 bits per heavy atom. The molecule has 1 atom stereocenters. The van der Waals surface area contributed by atoms with E-state index in [4.69, 9.17) is 21.1 Å². The maximum absolute atomic E-state index is 12.0. The van der Waals surface area contributed by atoms with Gasteiger partial charge < -0.3 is 9.47 Å². The summed E-state index contributed by atoms with van der Waals surface area (Å²) in [7, 11) is 0. The van der Waals surface area contributed by atoms with Crippen LogP contribution >= 0.6 is 27.5 Å². The van der Waals surface area contributed by atoms with E-state index in [9.17, 15) is 4.79 Å². The standard InChI is InChI=1S/C14H16BrClO3/c1-4-18-13(17)12-10-9(16)6-5-8(15)11(10)14(2,3)7-19-12/h5-6,12H,4,7H2,1-3H3. The van der Waals surface area contributed by atoms with Crippen LogP contribution in [0.25, 0.3) is 0 Å². The number of halogens is 2. The van der Waals surface area contributed by atoms with Gasteiger partial charge in [0.25, 0.3) is 0 Å². The summed E-state index contributed by atoms with van der Waals surface area (Å²) >= 11 is 9.81. The van der Waals surface area contributed by atoms with Gasteiger partial charge in [0.2, 0.25) is 0 Å². The van der Waals surface area contributed by atoms with E-state index in [1.165, 1.54) is 0 Å². The number of hydrogen-bond acceptors (Lipinski definition) is 3. The van der Waals surface area contributed by atoms with Crippen molar-refractivity contribution in [2.75, 3.05) is 13.2 Å². The van der Waals surface area contributed by atoms with Gasteiger partial charge in [-0.2, -0.15) is 0 Å². The lowest BCUT2D eigenvalue weighted by Crippen LogP contribution is -2.36. The second-order valence-corrected chi connectivity index (χ2v) is 6.41. The zero-order valence-corrected chi connectivity index (χ0v) is 13.5. The molecule has 0 aliphatic carbocycles.